The van der Waals surface area contributed by atoms with E-state index in [0.717, 1.165) is 6.07 Å². The van der Waals surface area contributed by atoms with Gasteiger partial charge >= 0.3 is 8.25 Å². The highest BCUT2D eigenvalue weighted by molar-refractivity contribution is 7.32. The Balaban J connectivity index is 2.29. The molecule has 0 aliphatic carbocycles. The highest BCUT2D eigenvalue weighted by atomic mass is 31.1. The standard InChI is InChI=1S/C10H6FO5P/c11-8-4-7(9(12)5-16-17(13)14)3-6-1-2-15-10(6)8/h1-4H,5H2/p+1. The van der Waals surface area contributed by atoms with E-state index in [2.05, 4.69) is 4.52 Å². The topological polar surface area (TPSA) is 76.7 Å². The number of ketones is 1. The quantitative estimate of drug-likeness (QED) is 0.672. The first-order chi connectivity index (χ1) is 8.08. The summed E-state index contributed by atoms with van der Waals surface area (Å²) < 4.78 is 32.8. The number of carbonyl (C=O) groups excluding carboxylic acids is 1. The van der Waals surface area contributed by atoms with Crippen molar-refractivity contribution in [3.05, 3.63) is 35.8 Å². The van der Waals surface area contributed by atoms with Crippen LogP contribution in [0.25, 0.3) is 11.0 Å². The van der Waals surface area contributed by atoms with E-state index in [1.54, 1.807) is 0 Å². The second kappa shape index (κ2) is 4.71. The molecule has 0 aliphatic heterocycles. The van der Waals surface area contributed by atoms with E-state index < -0.39 is 26.5 Å². The first-order valence-electron chi connectivity index (χ1n) is 4.57. The Labute approximate surface area is 95.8 Å². The summed E-state index contributed by atoms with van der Waals surface area (Å²) in [6.07, 6.45) is 1.31. The largest absolute Gasteiger partial charge is 0.695 e. The number of halogens is 1. The minimum absolute atomic E-state index is 0.0632. The molecule has 2 rings (SSSR count). The van der Waals surface area contributed by atoms with Gasteiger partial charge in [0.1, 0.15) is 0 Å². The van der Waals surface area contributed by atoms with Crippen LogP contribution in [0.1, 0.15) is 10.4 Å². The third-order valence-corrected chi connectivity index (χ3v) is 2.48. The van der Waals surface area contributed by atoms with Gasteiger partial charge in [0.05, 0.1) is 6.26 Å². The molecule has 0 saturated heterocycles. The molecule has 1 aromatic carbocycles. The van der Waals surface area contributed by atoms with E-state index >= 15 is 0 Å². The monoisotopic (exact) mass is 257 g/mol. The first kappa shape index (κ1) is 11.9. The predicted molar refractivity (Wildman–Crippen MR) is 56.3 cm³/mol. The van der Waals surface area contributed by atoms with Gasteiger partial charge in [0.15, 0.2) is 23.8 Å². The number of fused-ring (bicyclic) bond motifs is 1. The molecule has 0 fully saturated rings. The lowest BCUT2D eigenvalue weighted by molar-refractivity contribution is 0.0916. The molecule has 0 spiro atoms. The normalized spacial score (nSPS) is 11.8. The lowest BCUT2D eigenvalue weighted by atomic mass is 10.1. The van der Waals surface area contributed by atoms with E-state index in [1.807, 2.05) is 0 Å². The average Bonchev–Trinajstić information content (AvgIpc) is 2.74. The van der Waals surface area contributed by atoms with Gasteiger partial charge in [-0.3, -0.25) is 4.79 Å². The molecule has 0 saturated carbocycles. The fourth-order valence-electron chi connectivity index (χ4n) is 1.40. The molecule has 0 radical (unpaired) electrons. The van der Waals surface area contributed by atoms with Gasteiger partial charge in [0.25, 0.3) is 0 Å². The number of furan rings is 1. The molecular formula is C10H7FO5P+. The number of Topliss-reactive ketones (excluding diaryl/α,β-unsaturated/α-hetero) is 1. The molecule has 1 N–H and O–H groups in total. The van der Waals surface area contributed by atoms with Gasteiger partial charge in [-0.25, -0.2) is 4.39 Å². The maximum Gasteiger partial charge on any atom is 0.695 e. The van der Waals surface area contributed by atoms with Crippen LogP contribution in [-0.2, 0) is 9.09 Å². The summed E-state index contributed by atoms with van der Waals surface area (Å²) >= 11 is 0. The third kappa shape index (κ3) is 2.55. The highest BCUT2D eigenvalue weighted by Gasteiger charge is 2.18. The zero-order valence-electron chi connectivity index (χ0n) is 8.42. The van der Waals surface area contributed by atoms with E-state index in [1.165, 1.54) is 18.4 Å². The molecule has 2 aromatic rings. The molecule has 0 amide bonds. The molecule has 1 unspecified atom stereocenters. The second-order valence-corrected chi connectivity index (χ2v) is 3.97. The molecule has 1 heterocycles. The molecule has 5 nitrogen and oxygen atoms in total. The summed E-state index contributed by atoms with van der Waals surface area (Å²) in [5.74, 6) is -1.24. The van der Waals surface area contributed by atoms with Crippen LogP contribution in [0.2, 0.25) is 0 Å². The van der Waals surface area contributed by atoms with Crippen molar-refractivity contribution in [1.29, 1.82) is 0 Å². The maximum absolute atomic E-state index is 13.4. The van der Waals surface area contributed by atoms with Gasteiger partial charge in [-0.1, -0.05) is 0 Å². The van der Waals surface area contributed by atoms with E-state index in [-0.39, 0.29) is 11.1 Å². The Kier molecular flexibility index (Phi) is 3.28. The van der Waals surface area contributed by atoms with Crippen molar-refractivity contribution in [3.8, 4) is 0 Å². The van der Waals surface area contributed by atoms with Gasteiger partial charge in [-0.2, -0.15) is 0 Å². The Bertz CT molecular complexity index is 591. The summed E-state index contributed by atoms with van der Waals surface area (Å²) in [5, 5.41) is 0.446. The minimum atomic E-state index is -2.84. The molecule has 17 heavy (non-hydrogen) atoms. The SMILES string of the molecule is O=C(CO[P+](=O)O)c1cc(F)c2occc2c1. The third-order valence-electron chi connectivity index (χ3n) is 2.13. The number of hydrogen-bond donors (Lipinski definition) is 1. The Morgan fingerprint density at radius 2 is 2.29 bits per heavy atom. The Morgan fingerprint density at radius 1 is 1.53 bits per heavy atom. The zero-order valence-corrected chi connectivity index (χ0v) is 9.32. The second-order valence-electron chi connectivity index (χ2n) is 3.23. The number of rotatable bonds is 4. The Morgan fingerprint density at radius 3 is 3.00 bits per heavy atom. The molecule has 0 aliphatic rings. The summed E-state index contributed by atoms with van der Waals surface area (Å²) in [4.78, 5) is 19.9. The summed E-state index contributed by atoms with van der Waals surface area (Å²) in [7, 11) is -2.84. The minimum Gasteiger partial charge on any atom is -0.461 e. The highest BCUT2D eigenvalue weighted by Crippen LogP contribution is 2.22. The van der Waals surface area contributed by atoms with Crippen LogP contribution in [0.4, 0.5) is 4.39 Å². The Hall–Kier alpha value is -1.62. The van der Waals surface area contributed by atoms with Gasteiger partial charge in [0.2, 0.25) is 0 Å². The van der Waals surface area contributed by atoms with Crippen LogP contribution >= 0.6 is 8.25 Å². The van der Waals surface area contributed by atoms with Crippen molar-refractivity contribution in [1.82, 2.24) is 0 Å². The van der Waals surface area contributed by atoms with Crippen LogP contribution in [-0.4, -0.2) is 17.3 Å². The van der Waals surface area contributed by atoms with Gasteiger partial charge in [-0.15, -0.1) is 9.42 Å². The lowest BCUT2D eigenvalue weighted by Gasteiger charge is -1.98. The molecule has 7 heteroatoms. The van der Waals surface area contributed by atoms with Crippen molar-refractivity contribution in [2.24, 2.45) is 0 Å². The van der Waals surface area contributed by atoms with E-state index in [9.17, 15) is 13.8 Å². The van der Waals surface area contributed by atoms with E-state index in [4.69, 9.17) is 9.31 Å². The van der Waals surface area contributed by atoms with Crippen molar-refractivity contribution in [2.45, 2.75) is 0 Å². The molecule has 0 bridgehead atoms. The van der Waals surface area contributed by atoms with Crippen LogP contribution in [0.5, 0.6) is 0 Å². The first-order valence-corrected chi connectivity index (χ1v) is 5.70. The summed E-state index contributed by atoms with van der Waals surface area (Å²) in [5.41, 5.74) is 0.129. The van der Waals surface area contributed by atoms with Crippen LogP contribution in [0.15, 0.2) is 28.9 Å². The predicted octanol–water partition coefficient (Wildman–Crippen LogP) is 2.42. The number of hydrogen-bond acceptors (Lipinski definition) is 4. The zero-order chi connectivity index (χ0) is 12.4. The number of benzene rings is 1. The molecule has 88 valence electrons. The van der Waals surface area contributed by atoms with Crippen LogP contribution in [0.3, 0.4) is 0 Å². The average molecular weight is 257 g/mol. The molecular weight excluding hydrogens is 250 g/mol. The molecule has 1 aromatic heterocycles. The van der Waals surface area contributed by atoms with Crippen molar-refractivity contribution >= 4 is 25.0 Å². The fraction of sp³-hybridized carbons (Fsp3) is 0.100. The summed E-state index contributed by atoms with van der Waals surface area (Å²) in [6, 6.07) is 3.95. The van der Waals surface area contributed by atoms with Gasteiger partial charge in [0, 0.05) is 15.5 Å². The summed E-state index contributed by atoms with van der Waals surface area (Å²) in [6.45, 7) is -0.575. The lowest BCUT2D eigenvalue weighted by Crippen LogP contribution is -2.06. The number of carbonyl (C=O) groups is 1. The van der Waals surface area contributed by atoms with Gasteiger partial charge < -0.3 is 4.42 Å². The van der Waals surface area contributed by atoms with Crippen LogP contribution in [0, 0.1) is 5.82 Å². The van der Waals surface area contributed by atoms with Crippen LogP contribution < -0.4 is 0 Å². The molecule has 1 atom stereocenters. The van der Waals surface area contributed by atoms with Crippen molar-refractivity contribution < 1.29 is 27.6 Å². The smallest absolute Gasteiger partial charge is 0.461 e. The van der Waals surface area contributed by atoms with Crippen molar-refractivity contribution in [3.63, 3.8) is 0 Å². The van der Waals surface area contributed by atoms with E-state index in [0.29, 0.717) is 5.39 Å². The van der Waals surface area contributed by atoms with Gasteiger partial charge in [-0.05, 0) is 18.2 Å². The van der Waals surface area contributed by atoms with Crippen molar-refractivity contribution in [2.75, 3.05) is 6.61 Å². The fourth-order valence-corrected chi connectivity index (χ4v) is 1.62. The maximum atomic E-state index is 13.4.